The topological polar surface area (TPSA) is 69.6 Å². The van der Waals surface area contributed by atoms with E-state index in [4.69, 9.17) is 0 Å². The van der Waals surface area contributed by atoms with Crippen molar-refractivity contribution in [1.82, 2.24) is 0 Å². The molecule has 0 unspecified atom stereocenters. The zero-order valence-corrected chi connectivity index (χ0v) is 17.5. The summed E-state index contributed by atoms with van der Waals surface area (Å²) in [5.41, 5.74) is 3.12. The predicted octanol–water partition coefficient (Wildman–Crippen LogP) is 5.38. The smallest absolute Gasteiger partial charge is 0.307 e. The number of para-hydroxylation sites is 2. The van der Waals surface area contributed by atoms with Gasteiger partial charge in [-0.25, -0.2) is 0 Å². The third-order valence-corrected chi connectivity index (χ3v) is 5.48. The van der Waals surface area contributed by atoms with Crippen molar-refractivity contribution in [3.63, 3.8) is 0 Å². The van der Waals surface area contributed by atoms with Crippen LogP contribution in [0.5, 0.6) is 0 Å². The van der Waals surface area contributed by atoms with Crippen molar-refractivity contribution in [2.24, 2.45) is 0 Å². The molecule has 0 aromatic heterocycles. The first-order valence-electron chi connectivity index (χ1n) is 9.45. The van der Waals surface area contributed by atoms with Crippen LogP contribution in [0.4, 0.5) is 11.4 Å². The number of anilines is 2. The molecular formula is C24H19BrN2O3. The molecule has 1 amide bonds. The standard InChI is InChI=1S/C24H19BrN2O3/c25-17-13-11-16(12-14-17)23-20(15-21(28)29)22(26-18-7-3-1-4-8-18)24(30)27(23)19-9-5-2-6-10-19/h1-14,23,26H,15H2,(H,28,29)/t23-/m0/s1. The average Bonchev–Trinajstić information content (AvgIpc) is 3.01. The Morgan fingerprint density at radius 3 is 2.13 bits per heavy atom. The highest BCUT2D eigenvalue weighted by Crippen LogP contribution is 2.43. The van der Waals surface area contributed by atoms with E-state index >= 15 is 0 Å². The Kier molecular flexibility index (Phi) is 5.68. The minimum Gasteiger partial charge on any atom is -0.481 e. The number of carbonyl (C=O) groups is 2. The summed E-state index contributed by atoms with van der Waals surface area (Å²) in [7, 11) is 0. The molecule has 150 valence electrons. The van der Waals surface area contributed by atoms with Gasteiger partial charge < -0.3 is 10.4 Å². The lowest BCUT2D eigenvalue weighted by Crippen LogP contribution is -2.31. The van der Waals surface area contributed by atoms with Gasteiger partial charge in [0.25, 0.3) is 5.91 Å². The molecule has 1 aliphatic rings. The van der Waals surface area contributed by atoms with Crippen molar-refractivity contribution in [2.45, 2.75) is 12.5 Å². The number of amides is 1. The Bertz CT molecular complexity index is 1100. The van der Waals surface area contributed by atoms with Crippen LogP contribution in [0.15, 0.2) is 101 Å². The van der Waals surface area contributed by atoms with Crippen molar-refractivity contribution >= 4 is 39.2 Å². The number of hydrogen-bond acceptors (Lipinski definition) is 3. The maximum absolute atomic E-state index is 13.6. The summed E-state index contributed by atoms with van der Waals surface area (Å²) in [4.78, 5) is 27.0. The summed E-state index contributed by atoms with van der Waals surface area (Å²) in [5, 5.41) is 12.8. The quantitative estimate of drug-likeness (QED) is 0.515. The molecule has 1 aliphatic heterocycles. The average molecular weight is 463 g/mol. The van der Waals surface area contributed by atoms with E-state index in [0.29, 0.717) is 17.0 Å². The van der Waals surface area contributed by atoms with E-state index in [9.17, 15) is 14.7 Å². The lowest BCUT2D eigenvalue weighted by Gasteiger charge is -2.27. The van der Waals surface area contributed by atoms with Crippen LogP contribution < -0.4 is 10.2 Å². The SMILES string of the molecule is O=C(O)CC1=C(Nc2ccccc2)C(=O)N(c2ccccc2)[C@H]1c1ccc(Br)cc1. The number of rotatable bonds is 6. The molecule has 2 N–H and O–H groups in total. The Hall–Kier alpha value is -3.38. The Balaban J connectivity index is 1.87. The Morgan fingerprint density at radius 1 is 0.933 bits per heavy atom. The lowest BCUT2D eigenvalue weighted by atomic mass is 9.96. The fraction of sp³-hybridized carbons (Fsp3) is 0.0833. The van der Waals surface area contributed by atoms with Gasteiger partial charge in [-0.2, -0.15) is 0 Å². The molecule has 3 aromatic carbocycles. The van der Waals surface area contributed by atoms with Gasteiger partial charge in [-0.3, -0.25) is 14.5 Å². The molecule has 0 saturated carbocycles. The van der Waals surface area contributed by atoms with E-state index in [1.54, 1.807) is 4.90 Å². The first-order chi connectivity index (χ1) is 14.5. The van der Waals surface area contributed by atoms with Crippen molar-refractivity contribution in [3.05, 3.63) is 106 Å². The third kappa shape index (κ3) is 4.00. The first-order valence-corrected chi connectivity index (χ1v) is 10.2. The van der Waals surface area contributed by atoms with Crippen LogP contribution in [-0.4, -0.2) is 17.0 Å². The van der Waals surface area contributed by atoms with Gasteiger partial charge in [0.05, 0.1) is 12.5 Å². The highest BCUT2D eigenvalue weighted by Gasteiger charge is 2.41. The van der Waals surface area contributed by atoms with Crippen LogP contribution in [-0.2, 0) is 9.59 Å². The minimum absolute atomic E-state index is 0.245. The summed E-state index contributed by atoms with van der Waals surface area (Å²) in [6, 6.07) is 25.7. The van der Waals surface area contributed by atoms with E-state index in [1.807, 2.05) is 84.9 Å². The number of carboxylic acid groups (broad SMARTS) is 1. The molecule has 0 fully saturated rings. The molecule has 5 nitrogen and oxygen atoms in total. The number of halogens is 1. The van der Waals surface area contributed by atoms with Crippen LogP contribution in [0.2, 0.25) is 0 Å². The number of hydrogen-bond donors (Lipinski definition) is 2. The number of benzene rings is 3. The van der Waals surface area contributed by atoms with Crippen LogP contribution in [0, 0.1) is 0 Å². The molecule has 0 saturated heterocycles. The van der Waals surface area contributed by atoms with Crippen molar-refractivity contribution in [3.8, 4) is 0 Å². The van der Waals surface area contributed by atoms with Gasteiger partial charge in [0.1, 0.15) is 5.70 Å². The lowest BCUT2D eigenvalue weighted by molar-refractivity contribution is -0.136. The summed E-state index contributed by atoms with van der Waals surface area (Å²) in [6.07, 6.45) is -0.245. The fourth-order valence-corrected chi connectivity index (χ4v) is 3.93. The van der Waals surface area contributed by atoms with Crippen LogP contribution in [0.25, 0.3) is 0 Å². The summed E-state index contributed by atoms with van der Waals surface area (Å²) < 4.78 is 0.910. The zero-order chi connectivity index (χ0) is 21.1. The molecule has 0 radical (unpaired) electrons. The van der Waals surface area contributed by atoms with E-state index < -0.39 is 12.0 Å². The molecule has 30 heavy (non-hydrogen) atoms. The number of nitrogens with one attached hydrogen (secondary N) is 1. The molecule has 0 aliphatic carbocycles. The van der Waals surface area contributed by atoms with Gasteiger partial charge in [0, 0.05) is 15.8 Å². The summed E-state index contributed by atoms with van der Waals surface area (Å²) in [6.45, 7) is 0. The van der Waals surface area contributed by atoms with Gasteiger partial charge in [-0.15, -0.1) is 0 Å². The number of aliphatic carboxylic acids is 1. The summed E-state index contributed by atoms with van der Waals surface area (Å²) >= 11 is 3.44. The Morgan fingerprint density at radius 2 is 1.53 bits per heavy atom. The van der Waals surface area contributed by atoms with Crippen molar-refractivity contribution < 1.29 is 14.7 Å². The van der Waals surface area contributed by atoms with E-state index in [2.05, 4.69) is 21.2 Å². The zero-order valence-electron chi connectivity index (χ0n) is 16.0. The van der Waals surface area contributed by atoms with Gasteiger partial charge in [-0.1, -0.05) is 64.5 Å². The van der Waals surface area contributed by atoms with E-state index in [0.717, 1.165) is 15.7 Å². The highest BCUT2D eigenvalue weighted by atomic mass is 79.9. The molecule has 0 spiro atoms. The molecule has 4 rings (SSSR count). The second kappa shape index (κ2) is 8.55. The fourth-order valence-electron chi connectivity index (χ4n) is 3.67. The third-order valence-electron chi connectivity index (χ3n) is 4.95. The molecule has 3 aromatic rings. The Labute approximate surface area is 182 Å². The van der Waals surface area contributed by atoms with E-state index in [-0.39, 0.29) is 12.3 Å². The van der Waals surface area contributed by atoms with Gasteiger partial charge in [0.15, 0.2) is 0 Å². The number of carbonyl (C=O) groups excluding carboxylic acids is 1. The van der Waals surface area contributed by atoms with Crippen LogP contribution in [0.3, 0.4) is 0 Å². The molecule has 1 atom stereocenters. The van der Waals surface area contributed by atoms with Gasteiger partial charge in [-0.05, 0) is 47.5 Å². The number of carboxylic acids is 1. The first kappa shape index (κ1) is 19.9. The van der Waals surface area contributed by atoms with Crippen LogP contribution in [0.1, 0.15) is 18.0 Å². The largest absolute Gasteiger partial charge is 0.481 e. The molecule has 1 heterocycles. The molecule has 6 heteroatoms. The maximum atomic E-state index is 13.6. The minimum atomic E-state index is -0.984. The van der Waals surface area contributed by atoms with Gasteiger partial charge in [0.2, 0.25) is 0 Å². The van der Waals surface area contributed by atoms with Crippen LogP contribution >= 0.6 is 15.9 Å². The predicted molar refractivity (Wildman–Crippen MR) is 120 cm³/mol. The normalized spacial score (nSPS) is 16.1. The second-order valence-corrected chi connectivity index (χ2v) is 7.84. The monoisotopic (exact) mass is 462 g/mol. The maximum Gasteiger partial charge on any atom is 0.307 e. The summed E-state index contributed by atoms with van der Waals surface area (Å²) in [5.74, 6) is -1.24. The molecule has 0 bridgehead atoms. The van der Waals surface area contributed by atoms with Crippen molar-refractivity contribution in [2.75, 3.05) is 10.2 Å². The second-order valence-electron chi connectivity index (χ2n) is 6.93. The van der Waals surface area contributed by atoms with Crippen molar-refractivity contribution in [1.29, 1.82) is 0 Å². The van der Waals surface area contributed by atoms with E-state index in [1.165, 1.54) is 0 Å². The highest BCUT2D eigenvalue weighted by molar-refractivity contribution is 9.10. The number of nitrogens with zero attached hydrogens (tertiary/aromatic N) is 1. The van der Waals surface area contributed by atoms with Gasteiger partial charge >= 0.3 is 5.97 Å². The molecular weight excluding hydrogens is 444 g/mol.